The van der Waals surface area contributed by atoms with E-state index >= 15 is 0 Å². The number of carbonyl (C=O) groups excluding carboxylic acids is 1. The fraction of sp³-hybridized carbons (Fsp3) is 0.240. The summed E-state index contributed by atoms with van der Waals surface area (Å²) in [7, 11) is -1.94. The van der Waals surface area contributed by atoms with Crippen molar-refractivity contribution in [2.45, 2.75) is 31.2 Å². The van der Waals surface area contributed by atoms with E-state index in [1.54, 1.807) is 55.8 Å². The average molecular weight is 530 g/mol. The first-order valence-electron chi connectivity index (χ1n) is 10.9. The zero-order valence-electron chi connectivity index (χ0n) is 19.3. The number of carbonyl (C=O) groups is 1. The molecule has 182 valence electrons. The second-order valence-corrected chi connectivity index (χ2v) is 11.5. The van der Waals surface area contributed by atoms with E-state index < -0.39 is 9.84 Å². The SMILES string of the molecule is COc1ccc(Cl)c2sc(N(Cc3ccccn3)C(=O)CCCS(=O)(=O)c3ccc(C)cc3)nc12. The second-order valence-electron chi connectivity index (χ2n) is 7.96. The van der Waals surface area contributed by atoms with E-state index in [0.29, 0.717) is 31.8 Å². The molecule has 0 radical (unpaired) electrons. The lowest BCUT2D eigenvalue weighted by atomic mass is 10.2. The van der Waals surface area contributed by atoms with Crippen LogP contribution in [-0.4, -0.2) is 37.2 Å². The number of thiazole rings is 1. The standard InChI is InChI=1S/C25H24ClN3O4S2/c1-17-8-10-19(11-9-17)35(31,32)15-5-7-22(30)29(16-18-6-3-4-14-27-18)25-28-23-21(33-2)13-12-20(26)24(23)34-25/h3-4,6,8-14H,5,7,15-16H2,1-2H3. The summed E-state index contributed by atoms with van der Waals surface area (Å²) in [6.07, 6.45) is 1.88. The Bertz CT molecular complexity index is 1440. The molecular formula is C25H24ClN3O4S2. The number of fused-ring (bicyclic) bond motifs is 1. The van der Waals surface area contributed by atoms with Crippen LogP contribution < -0.4 is 9.64 Å². The van der Waals surface area contributed by atoms with Crippen LogP contribution in [-0.2, 0) is 21.2 Å². The Morgan fingerprint density at radius 2 is 1.89 bits per heavy atom. The molecule has 0 aliphatic heterocycles. The number of benzene rings is 2. The van der Waals surface area contributed by atoms with Gasteiger partial charge in [0.1, 0.15) is 11.3 Å². The van der Waals surface area contributed by atoms with Gasteiger partial charge in [0, 0.05) is 12.6 Å². The highest BCUT2D eigenvalue weighted by Crippen LogP contribution is 2.39. The number of anilines is 1. The third-order valence-corrected chi connectivity index (χ3v) is 8.78. The van der Waals surface area contributed by atoms with Crippen LogP contribution in [0.1, 0.15) is 24.1 Å². The van der Waals surface area contributed by atoms with Gasteiger partial charge in [0.2, 0.25) is 5.91 Å². The molecule has 0 fully saturated rings. The predicted octanol–water partition coefficient (Wildman–Crippen LogP) is 5.45. The Balaban J connectivity index is 1.57. The number of nitrogens with zero attached hydrogens (tertiary/aromatic N) is 3. The van der Waals surface area contributed by atoms with Gasteiger partial charge in [0.15, 0.2) is 15.0 Å². The molecule has 4 aromatic rings. The topological polar surface area (TPSA) is 89.5 Å². The number of hydrogen-bond donors (Lipinski definition) is 0. The Morgan fingerprint density at radius 3 is 2.57 bits per heavy atom. The quantitative estimate of drug-likeness (QED) is 0.286. The highest BCUT2D eigenvalue weighted by atomic mass is 35.5. The van der Waals surface area contributed by atoms with E-state index in [1.807, 2.05) is 19.1 Å². The number of amides is 1. The van der Waals surface area contributed by atoms with Gasteiger partial charge in [-0.25, -0.2) is 13.4 Å². The summed E-state index contributed by atoms with van der Waals surface area (Å²) < 4.78 is 31.5. The maximum absolute atomic E-state index is 13.3. The molecular weight excluding hydrogens is 506 g/mol. The van der Waals surface area contributed by atoms with Gasteiger partial charge in [0.25, 0.3) is 0 Å². The summed E-state index contributed by atoms with van der Waals surface area (Å²) >= 11 is 7.66. The van der Waals surface area contributed by atoms with Crippen LogP contribution in [0.25, 0.3) is 10.2 Å². The molecule has 0 aliphatic carbocycles. The van der Waals surface area contributed by atoms with Crippen LogP contribution in [0.3, 0.4) is 0 Å². The molecule has 0 spiro atoms. The number of aryl methyl sites for hydroxylation is 1. The number of methoxy groups -OCH3 is 1. The summed E-state index contributed by atoms with van der Waals surface area (Å²) in [5, 5.41) is 0.961. The van der Waals surface area contributed by atoms with Gasteiger partial charge in [-0.2, -0.15) is 0 Å². The van der Waals surface area contributed by atoms with Crippen LogP contribution in [0.4, 0.5) is 5.13 Å². The molecule has 2 heterocycles. The fourth-order valence-corrected chi connectivity index (χ4v) is 6.13. The third kappa shape index (κ3) is 5.80. The molecule has 10 heteroatoms. The smallest absolute Gasteiger partial charge is 0.229 e. The molecule has 4 rings (SSSR count). The molecule has 0 atom stereocenters. The number of pyridine rings is 1. The van der Waals surface area contributed by atoms with Gasteiger partial charge in [0.05, 0.1) is 39.7 Å². The molecule has 2 aromatic carbocycles. The highest BCUT2D eigenvalue weighted by Gasteiger charge is 2.24. The molecule has 0 saturated carbocycles. The number of aromatic nitrogens is 2. The predicted molar refractivity (Wildman–Crippen MR) is 139 cm³/mol. The molecule has 0 bridgehead atoms. The van der Waals surface area contributed by atoms with Crippen molar-refractivity contribution in [3.8, 4) is 5.75 Å². The summed E-state index contributed by atoms with van der Waals surface area (Å²) in [6, 6.07) is 15.6. The summed E-state index contributed by atoms with van der Waals surface area (Å²) in [6.45, 7) is 2.10. The maximum atomic E-state index is 13.3. The first-order chi connectivity index (χ1) is 16.8. The average Bonchev–Trinajstić information content (AvgIpc) is 3.30. The Hall–Kier alpha value is -3.01. The minimum absolute atomic E-state index is 0.0404. The molecule has 0 unspecified atom stereocenters. The summed E-state index contributed by atoms with van der Waals surface area (Å²) in [4.78, 5) is 24.1. The lowest BCUT2D eigenvalue weighted by Crippen LogP contribution is -2.30. The van der Waals surface area contributed by atoms with Crippen molar-refractivity contribution in [1.29, 1.82) is 0 Å². The second kappa shape index (κ2) is 10.7. The van der Waals surface area contributed by atoms with Crippen molar-refractivity contribution in [3.05, 3.63) is 77.1 Å². The molecule has 35 heavy (non-hydrogen) atoms. The van der Waals surface area contributed by atoms with E-state index in [9.17, 15) is 13.2 Å². The molecule has 7 nitrogen and oxygen atoms in total. The number of rotatable bonds is 9. The Morgan fingerprint density at radius 1 is 1.11 bits per heavy atom. The first kappa shape index (κ1) is 25.1. The van der Waals surface area contributed by atoms with Crippen LogP contribution >= 0.6 is 22.9 Å². The van der Waals surface area contributed by atoms with E-state index in [0.717, 1.165) is 5.56 Å². The summed E-state index contributed by atoms with van der Waals surface area (Å²) in [5.41, 5.74) is 2.24. The maximum Gasteiger partial charge on any atom is 0.229 e. The van der Waals surface area contributed by atoms with Crippen molar-refractivity contribution in [2.75, 3.05) is 17.8 Å². The van der Waals surface area contributed by atoms with Gasteiger partial charge >= 0.3 is 0 Å². The normalized spacial score (nSPS) is 11.5. The van der Waals surface area contributed by atoms with Gasteiger partial charge in [-0.1, -0.05) is 46.7 Å². The molecule has 0 aliphatic rings. The monoisotopic (exact) mass is 529 g/mol. The fourth-order valence-electron chi connectivity index (χ4n) is 3.55. The minimum Gasteiger partial charge on any atom is -0.494 e. The molecule has 2 aromatic heterocycles. The third-order valence-electron chi connectivity index (χ3n) is 5.43. The summed E-state index contributed by atoms with van der Waals surface area (Å²) in [5.74, 6) is 0.184. The van der Waals surface area contributed by atoms with Crippen molar-refractivity contribution < 1.29 is 17.9 Å². The lowest BCUT2D eigenvalue weighted by molar-refractivity contribution is -0.118. The van der Waals surface area contributed by atoms with Gasteiger partial charge in [-0.05, 0) is 49.7 Å². The van der Waals surface area contributed by atoms with Crippen molar-refractivity contribution in [2.24, 2.45) is 0 Å². The zero-order chi connectivity index (χ0) is 25.0. The largest absolute Gasteiger partial charge is 0.494 e. The first-order valence-corrected chi connectivity index (χ1v) is 13.8. The Kier molecular flexibility index (Phi) is 7.69. The van der Waals surface area contributed by atoms with E-state index in [1.165, 1.54) is 16.2 Å². The molecule has 1 amide bonds. The van der Waals surface area contributed by atoms with Crippen molar-refractivity contribution in [3.63, 3.8) is 0 Å². The zero-order valence-corrected chi connectivity index (χ0v) is 21.7. The van der Waals surface area contributed by atoms with Gasteiger partial charge in [-0.3, -0.25) is 14.7 Å². The van der Waals surface area contributed by atoms with E-state index in [4.69, 9.17) is 16.3 Å². The van der Waals surface area contributed by atoms with E-state index in [2.05, 4.69) is 9.97 Å². The number of halogens is 1. The number of ether oxygens (including phenoxy) is 1. The van der Waals surface area contributed by atoms with Crippen molar-refractivity contribution >= 4 is 54.0 Å². The van der Waals surface area contributed by atoms with Crippen LogP contribution in [0.2, 0.25) is 5.02 Å². The van der Waals surface area contributed by atoms with Crippen LogP contribution in [0, 0.1) is 6.92 Å². The molecule has 0 saturated heterocycles. The van der Waals surface area contributed by atoms with E-state index in [-0.39, 0.29) is 35.9 Å². The minimum atomic E-state index is -3.49. The van der Waals surface area contributed by atoms with Crippen molar-refractivity contribution in [1.82, 2.24) is 9.97 Å². The van der Waals surface area contributed by atoms with Crippen LogP contribution in [0.15, 0.2) is 65.7 Å². The Labute approximate surface area is 213 Å². The van der Waals surface area contributed by atoms with Gasteiger partial charge < -0.3 is 4.74 Å². The number of sulfone groups is 1. The highest BCUT2D eigenvalue weighted by molar-refractivity contribution is 7.91. The lowest BCUT2D eigenvalue weighted by Gasteiger charge is -2.19. The van der Waals surface area contributed by atoms with Gasteiger partial charge in [-0.15, -0.1) is 0 Å². The molecule has 0 N–H and O–H groups in total. The number of hydrogen-bond acceptors (Lipinski definition) is 7. The van der Waals surface area contributed by atoms with Crippen LogP contribution in [0.5, 0.6) is 5.75 Å².